The van der Waals surface area contributed by atoms with Gasteiger partial charge in [-0.1, -0.05) is 36.0 Å². The maximum absolute atomic E-state index is 5.03. The average molecular weight is 248 g/mol. The van der Waals surface area contributed by atoms with E-state index in [1.807, 2.05) is 48.5 Å². The van der Waals surface area contributed by atoms with Gasteiger partial charge in [-0.2, -0.15) is 9.79 Å². The summed E-state index contributed by atoms with van der Waals surface area (Å²) in [5, 5.41) is 0. The molecule has 76 valence electrons. The Balaban J connectivity index is 2.15. The smallest absolute Gasteiger partial charge is 0.0121 e. The molecular weight excluding hydrogens is 240 g/mol. The first-order valence-corrected chi connectivity index (χ1v) is 6.09. The van der Waals surface area contributed by atoms with Crippen molar-refractivity contribution >= 4 is 37.0 Å². The van der Waals surface area contributed by atoms with Crippen molar-refractivity contribution in [2.75, 3.05) is 0 Å². The Bertz CT molecular complexity index is 388. The Kier molecular flexibility index (Phi) is 3.46. The summed E-state index contributed by atoms with van der Waals surface area (Å²) in [6.07, 6.45) is 0. The highest BCUT2D eigenvalue weighted by atomic mass is 32.2. The standard InChI is InChI=1S/C12H10S3/c13-9-1-5-11(6-2-9)15-12-7-3-10(14)4-8-12/h1-8,13-14H/p-2. The van der Waals surface area contributed by atoms with Gasteiger partial charge in [-0.05, 0) is 24.3 Å². The Morgan fingerprint density at radius 1 is 0.600 bits per heavy atom. The molecule has 0 aromatic heterocycles. The van der Waals surface area contributed by atoms with Gasteiger partial charge in [-0.3, -0.25) is 0 Å². The highest BCUT2D eigenvalue weighted by Gasteiger charge is 1.94. The topological polar surface area (TPSA) is 0 Å². The molecule has 2 aromatic carbocycles. The third-order valence-corrected chi connectivity index (χ3v) is 3.44. The number of rotatable bonds is 2. The molecule has 0 bridgehead atoms. The highest BCUT2D eigenvalue weighted by Crippen LogP contribution is 2.27. The molecule has 0 spiro atoms. The summed E-state index contributed by atoms with van der Waals surface area (Å²) in [6, 6.07) is 15.9. The monoisotopic (exact) mass is 248 g/mol. The summed E-state index contributed by atoms with van der Waals surface area (Å²) < 4.78 is 0. The Labute approximate surface area is 105 Å². The van der Waals surface area contributed by atoms with Crippen LogP contribution in [0.25, 0.3) is 0 Å². The lowest BCUT2D eigenvalue weighted by Gasteiger charge is -2.08. The van der Waals surface area contributed by atoms with Gasteiger partial charge in [0.2, 0.25) is 0 Å². The predicted octanol–water partition coefficient (Wildman–Crippen LogP) is 3.65. The molecule has 2 aromatic rings. The molecule has 0 aliphatic heterocycles. The van der Waals surface area contributed by atoms with Crippen molar-refractivity contribution in [2.24, 2.45) is 0 Å². The molecule has 0 radical (unpaired) electrons. The van der Waals surface area contributed by atoms with Crippen LogP contribution in [0.5, 0.6) is 0 Å². The largest absolute Gasteiger partial charge is 0.780 e. The van der Waals surface area contributed by atoms with Crippen LogP contribution >= 0.6 is 11.8 Å². The van der Waals surface area contributed by atoms with E-state index in [-0.39, 0.29) is 0 Å². The van der Waals surface area contributed by atoms with Gasteiger partial charge in [-0.25, -0.2) is 0 Å². The lowest BCUT2D eigenvalue weighted by atomic mass is 10.4. The maximum Gasteiger partial charge on any atom is 0.0121 e. The lowest BCUT2D eigenvalue weighted by molar-refractivity contribution is 1.32. The van der Waals surface area contributed by atoms with E-state index in [1.54, 1.807) is 11.8 Å². The van der Waals surface area contributed by atoms with E-state index < -0.39 is 0 Å². The van der Waals surface area contributed by atoms with Gasteiger partial charge in [-0.15, -0.1) is 0 Å². The van der Waals surface area contributed by atoms with Crippen molar-refractivity contribution in [1.29, 1.82) is 0 Å². The van der Waals surface area contributed by atoms with Gasteiger partial charge in [0.25, 0.3) is 0 Å². The highest BCUT2D eigenvalue weighted by molar-refractivity contribution is 7.99. The van der Waals surface area contributed by atoms with Gasteiger partial charge in [0.05, 0.1) is 0 Å². The zero-order valence-corrected chi connectivity index (χ0v) is 10.3. The second-order valence-electron chi connectivity index (χ2n) is 3.04. The van der Waals surface area contributed by atoms with Gasteiger partial charge in [0, 0.05) is 9.79 Å². The minimum Gasteiger partial charge on any atom is -0.780 e. The van der Waals surface area contributed by atoms with E-state index in [0.717, 1.165) is 9.79 Å². The van der Waals surface area contributed by atoms with Crippen LogP contribution in [0.15, 0.2) is 68.1 Å². The van der Waals surface area contributed by atoms with Crippen LogP contribution in [0.1, 0.15) is 0 Å². The van der Waals surface area contributed by atoms with Crippen LogP contribution in [-0.4, -0.2) is 0 Å². The van der Waals surface area contributed by atoms with E-state index in [9.17, 15) is 0 Å². The van der Waals surface area contributed by atoms with Gasteiger partial charge < -0.3 is 25.3 Å². The molecule has 0 nitrogen and oxygen atoms in total. The minimum atomic E-state index is 0.875. The summed E-state index contributed by atoms with van der Waals surface area (Å²) in [5.74, 6) is 0. The van der Waals surface area contributed by atoms with E-state index in [4.69, 9.17) is 25.3 Å². The Morgan fingerprint density at radius 3 is 1.27 bits per heavy atom. The Hall–Kier alpha value is -0.770. The fourth-order valence-electron chi connectivity index (χ4n) is 1.15. The number of benzene rings is 2. The maximum atomic E-state index is 5.03. The van der Waals surface area contributed by atoms with Crippen LogP contribution in [-0.2, 0) is 25.3 Å². The van der Waals surface area contributed by atoms with Crippen LogP contribution in [0.3, 0.4) is 0 Å². The van der Waals surface area contributed by atoms with Gasteiger partial charge in [0.15, 0.2) is 0 Å². The molecule has 0 aliphatic rings. The minimum absolute atomic E-state index is 0.875. The van der Waals surface area contributed by atoms with Crippen LogP contribution < -0.4 is 0 Å². The summed E-state index contributed by atoms with van der Waals surface area (Å²) in [4.78, 5) is 4.14. The molecule has 15 heavy (non-hydrogen) atoms. The average Bonchev–Trinajstić information content (AvgIpc) is 2.25. The molecule has 0 saturated heterocycles. The number of hydrogen-bond donors (Lipinski definition) is 0. The van der Waals surface area contributed by atoms with Crippen molar-refractivity contribution in [1.82, 2.24) is 0 Å². The molecule has 0 fully saturated rings. The molecule has 0 unspecified atom stereocenters. The summed E-state index contributed by atoms with van der Waals surface area (Å²) >= 11 is 11.8. The predicted molar refractivity (Wildman–Crippen MR) is 68.3 cm³/mol. The normalized spacial score (nSPS) is 10.1. The molecule has 3 heteroatoms. The molecule has 0 amide bonds. The van der Waals surface area contributed by atoms with Crippen molar-refractivity contribution in [3.8, 4) is 0 Å². The molecule has 0 N–H and O–H groups in total. The molecule has 2 rings (SSSR count). The third kappa shape index (κ3) is 3.09. The second-order valence-corrected chi connectivity index (χ2v) is 5.13. The Morgan fingerprint density at radius 2 is 0.933 bits per heavy atom. The zero-order chi connectivity index (χ0) is 10.7. The van der Waals surface area contributed by atoms with Crippen LogP contribution in [0.2, 0.25) is 0 Å². The van der Waals surface area contributed by atoms with Crippen molar-refractivity contribution < 1.29 is 0 Å². The molecule has 0 heterocycles. The summed E-state index contributed by atoms with van der Waals surface area (Å²) in [7, 11) is 0. The summed E-state index contributed by atoms with van der Waals surface area (Å²) in [6.45, 7) is 0. The van der Waals surface area contributed by atoms with Gasteiger partial charge in [0.1, 0.15) is 0 Å². The second kappa shape index (κ2) is 4.84. The lowest BCUT2D eigenvalue weighted by Crippen LogP contribution is -1.75. The third-order valence-electron chi connectivity index (χ3n) is 1.88. The molecule has 0 saturated carbocycles. The van der Waals surface area contributed by atoms with Crippen LogP contribution in [0.4, 0.5) is 0 Å². The fourth-order valence-corrected chi connectivity index (χ4v) is 2.24. The molecular formula is C12H8S3-2. The first-order valence-electron chi connectivity index (χ1n) is 4.46. The van der Waals surface area contributed by atoms with Crippen molar-refractivity contribution in [3.63, 3.8) is 0 Å². The van der Waals surface area contributed by atoms with E-state index in [0.29, 0.717) is 0 Å². The van der Waals surface area contributed by atoms with E-state index in [2.05, 4.69) is 0 Å². The zero-order valence-electron chi connectivity index (χ0n) is 7.84. The number of hydrogen-bond acceptors (Lipinski definition) is 3. The molecule has 0 atom stereocenters. The van der Waals surface area contributed by atoms with Crippen molar-refractivity contribution in [2.45, 2.75) is 19.6 Å². The first-order chi connectivity index (χ1) is 7.24. The van der Waals surface area contributed by atoms with E-state index >= 15 is 0 Å². The molecule has 0 aliphatic carbocycles. The summed E-state index contributed by atoms with van der Waals surface area (Å²) in [5.41, 5.74) is 0. The fraction of sp³-hybridized carbons (Fsp3) is 0. The SMILES string of the molecule is [S-]c1ccc(Sc2ccc([S-])cc2)cc1. The first kappa shape index (κ1) is 10.7. The van der Waals surface area contributed by atoms with Crippen molar-refractivity contribution in [3.05, 3.63) is 48.5 Å². The van der Waals surface area contributed by atoms with Gasteiger partial charge >= 0.3 is 0 Å². The van der Waals surface area contributed by atoms with Crippen LogP contribution in [0, 0.1) is 0 Å². The van der Waals surface area contributed by atoms with E-state index in [1.165, 1.54) is 9.79 Å². The quantitative estimate of drug-likeness (QED) is 0.745.